The van der Waals surface area contributed by atoms with Crippen molar-refractivity contribution >= 4 is 50.3 Å². The number of sulfonamides is 1. The van der Waals surface area contributed by atoms with Crippen LogP contribution in [0.5, 0.6) is 0 Å². The third-order valence-corrected chi connectivity index (χ3v) is 6.71. The van der Waals surface area contributed by atoms with Crippen LogP contribution in [-0.4, -0.2) is 19.2 Å². The van der Waals surface area contributed by atoms with E-state index in [9.17, 15) is 8.42 Å². The molecular formula is C23H19Cl2N3O2S. The number of benzene rings is 3. The molecule has 8 heteroatoms. The Hall–Kier alpha value is -2.80. The summed E-state index contributed by atoms with van der Waals surface area (Å²) in [6.45, 7) is 2.44. The molecule has 5 nitrogen and oxygen atoms in total. The van der Waals surface area contributed by atoms with Gasteiger partial charge in [-0.3, -0.25) is 0 Å². The van der Waals surface area contributed by atoms with E-state index in [1.807, 2.05) is 48.0 Å². The van der Waals surface area contributed by atoms with Crippen molar-refractivity contribution in [1.82, 2.24) is 9.40 Å². The molecular weight excluding hydrogens is 453 g/mol. The maximum atomic E-state index is 12.5. The average molecular weight is 472 g/mol. The number of hydrazone groups is 1. The smallest absolute Gasteiger partial charge is 0.276 e. The van der Waals surface area contributed by atoms with Crippen LogP contribution in [0, 0.1) is 6.92 Å². The summed E-state index contributed by atoms with van der Waals surface area (Å²) in [5.41, 5.74) is 3.68. The molecule has 3 aromatic carbocycles. The van der Waals surface area contributed by atoms with Crippen LogP contribution in [0.1, 0.15) is 16.7 Å². The van der Waals surface area contributed by atoms with Crippen molar-refractivity contribution in [2.75, 3.05) is 0 Å². The van der Waals surface area contributed by atoms with Gasteiger partial charge >= 0.3 is 0 Å². The molecule has 0 spiro atoms. The van der Waals surface area contributed by atoms with Crippen LogP contribution in [0.15, 0.2) is 82.9 Å². The first-order chi connectivity index (χ1) is 14.8. The Kier molecular flexibility index (Phi) is 6.05. The number of para-hydroxylation sites is 1. The summed E-state index contributed by atoms with van der Waals surface area (Å²) in [4.78, 5) is 2.44. The number of aryl methyl sites for hydroxylation is 1. The largest absolute Gasteiger partial charge is 0.342 e. The van der Waals surface area contributed by atoms with Crippen molar-refractivity contribution in [2.45, 2.75) is 18.4 Å². The van der Waals surface area contributed by atoms with Gasteiger partial charge in [-0.25, -0.2) is 4.83 Å². The van der Waals surface area contributed by atoms with Gasteiger partial charge in [0.15, 0.2) is 0 Å². The molecule has 0 unspecified atom stereocenters. The zero-order chi connectivity index (χ0) is 22.0. The quantitative estimate of drug-likeness (QED) is 0.293. The van der Waals surface area contributed by atoms with E-state index < -0.39 is 10.0 Å². The number of nitrogens with one attached hydrogen (secondary N) is 1. The van der Waals surface area contributed by atoms with E-state index in [2.05, 4.69) is 9.93 Å². The molecule has 31 heavy (non-hydrogen) atoms. The zero-order valence-corrected chi connectivity index (χ0v) is 18.9. The molecule has 0 atom stereocenters. The summed E-state index contributed by atoms with van der Waals surface area (Å²) in [7, 11) is -3.74. The molecule has 0 fully saturated rings. The Balaban J connectivity index is 1.61. The highest BCUT2D eigenvalue weighted by Crippen LogP contribution is 2.25. The van der Waals surface area contributed by atoms with Gasteiger partial charge in [0.05, 0.1) is 11.1 Å². The lowest BCUT2D eigenvalue weighted by Crippen LogP contribution is -2.18. The Labute approximate surface area is 191 Å². The summed E-state index contributed by atoms with van der Waals surface area (Å²) < 4.78 is 26.9. The van der Waals surface area contributed by atoms with E-state index in [1.54, 1.807) is 36.4 Å². The van der Waals surface area contributed by atoms with Crippen LogP contribution in [0.3, 0.4) is 0 Å². The number of hydrogen-bond acceptors (Lipinski definition) is 3. The molecule has 0 saturated heterocycles. The number of rotatable bonds is 6. The summed E-state index contributed by atoms with van der Waals surface area (Å²) in [5, 5.41) is 6.11. The van der Waals surface area contributed by atoms with Gasteiger partial charge in [-0.2, -0.15) is 13.5 Å². The molecule has 0 saturated carbocycles. The summed E-state index contributed by atoms with van der Waals surface area (Å²) in [6, 6.07) is 19.8. The Morgan fingerprint density at radius 2 is 1.77 bits per heavy atom. The van der Waals surface area contributed by atoms with Crippen LogP contribution in [-0.2, 0) is 16.6 Å². The second kappa shape index (κ2) is 8.75. The molecule has 4 rings (SSSR count). The van der Waals surface area contributed by atoms with Crippen molar-refractivity contribution in [2.24, 2.45) is 5.10 Å². The van der Waals surface area contributed by atoms with E-state index in [0.29, 0.717) is 16.6 Å². The molecule has 0 bridgehead atoms. The summed E-state index contributed by atoms with van der Waals surface area (Å²) >= 11 is 12.3. The normalized spacial score (nSPS) is 12.0. The highest BCUT2D eigenvalue weighted by molar-refractivity contribution is 7.89. The first kappa shape index (κ1) is 21.4. The second-order valence-electron chi connectivity index (χ2n) is 7.13. The predicted octanol–water partition coefficient (Wildman–Crippen LogP) is 5.62. The van der Waals surface area contributed by atoms with Gasteiger partial charge in [0.1, 0.15) is 0 Å². The van der Waals surface area contributed by atoms with Crippen LogP contribution < -0.4 is 4.83 Å². The minimum Gasteiger partial charge on any atom is -0.342 e. The van der Waals surface area contributed by atoms with Gasteiger partial charge in [-0.05, 0) is 42.8 Å². The van der Waals surface area contributed by atoms with E-state index in [0.717, 1.165) is 27.6 Å². The lowest BCUT2D eigenvalue weighted by molar-refractivity contribution is 0.584. The van der Waals surface area contributed by atoms with Gasteiger partial charge in [-0.15, -0.1) is 0 Å². The Morgan fingerprint density at radius 3 is 2.52 bits per heavy atom. The van der Waals surface area contributed by atoms with Crippen molar-refractivity contribution in [1.29, 1.82) is 0 Å². The first-order valence-electron chi connectivity index (χ1n) is 9.47. The molecule has 0 amide bonds. The lowest BCUT2D eigenvalue weighted by atomic mass is 10.2. The van der Waals surface area contributed by atoms with E-state index >= 15 is 0 Å². The fourth-order valence-corrected chi connectivity index (χ4v) is 4.54. The van der Waals surface area contributed by atoms with Gasteiger partial charge in [0, 0.05) is 39.3 Å². The highest BCUT2D eigenvalue weighted by Gasteiger charge is 2.13. The third kappa shape index (κ3) is 4.77. The number of nitrogens with zero attached hydrogens (tertiary/aromatic N) is 2. The molecule has 0 aliphatic carbocycles. The Morgan fingerprint density at radius 1 is 1.03 bits per heavy atom. The average Bonchev–Trinajstić information content (AvgIpc) is 3.08. The predicted molar refractivity (Wildman–Crippen MR) is 127 cm³/mol. The Bertz CT molecular complexity index is 1380. The van der Waals surface area contributed by atoms with Gasteiger partial charge < -0.3 is 4.57 Å². The zero-order valence-electron chi connectivity index (χ0n) is 16.6. The molecule has 1 aromatic heterocycles. The third-order valence-electron chi connectivity index (χ3n) is 4.88. The van der Waals surface area contributed by atoms with Gasteiger partial charge in [0.25, 0.3) is 10.0 Å². The minimum absolute atomic E-state index is 0.162. The molecule has 0 aliphatic heterocycles. The minimum atomic E-state index is -3.74. The molecule has 1 N–H and O–H groups in total. The van der Waals surface area contributed by atoms with Crippen molar-refractivity contribution in [3.8, 4) is 0 Å². The molecule has 1 heterocycles. The second-order valence-corrected chi connectivity index (χ2v) is 9.64. The number of halogens is 2. The standard InChI is InChI=1S/C23H19Cl2N3O2S/c1-16-6-10-20(11-7-16)31(29,30)27-26-13-18-15-28(23-5-3-2-4-21(18)23)14-17-8-9-19(24)12-22(17)25/h2-13,15,27H,14H2,1H3/b26-13-. The SMILES string of the molecule is Cc1ccc(S(=O)(=O)N/N=C\c2cn(Cc3ccc(Cl)cc3Cl)c3ccccc23)cc1. The maximum Gasteiger partial charge on any atom is 0.276 e. The monoisotopic (exact) mass is 471 g/mol. The topological polar surface area (TPSA) is 63.5 Å². The fourth-order valence-electron chi connectivity index (χ4n) is 3.28. The van der Waals surface area contributed by atoms with E-state index in [4.69, 9.17) is 23.2 Å². The van der Waals surface area contributed by atoms with Crippen LogP contribution in [0.25, 0.3) is 10.9 Å². The van der Waals surface area contributed by atoms with E-state index in [-0.39, 0.29) is 4.90 Å². The number of hydrogen-bond donors (Lipinski definition) is 1. The van der Waals surface area contributed by atoms with E-state index in [1.165, 1.54) is 6.21 Å². The number of fused-ring (bicyclic) bond motifs is 1. The number of aromatic nitrogens is 1. The highest BCUT2D eigenvalue weighted by atomic mass is 35.5. The lowest BCUT2D eigenvalue weighted by Gasteiger charge is -2.08. The van der Waals surface area contributed by atoms with Crippen molar-refractivity contribution < 1.29 is 8.42 Å². The first-order valence-corrected chi connectivity index (χ1v) is 11.7. The molecule has 0 radical (unpaired) electrons. The van der Waals surface area contributed by atoms with Gasteiger partial charge in [-0.1, -0.05) is 65.2 Å². The molecule has 4 aromatic rings. The van der Waals surface area contributed by atoms with Crippen molar-refractivity contribution in [3.05, 3.63) is 99.7 Å². The molecule has 0 aliphatic rings. The maximum absolute atomic E-state index is 12.5. The van der Waals surface area contributed by atoms with Gasteiger partial charge in [0.2, 0.25) is 0 Å². The van der Waals surface area contributed by atoms with Crippen LogP contribution in [0.2, 0.25) is 10.0 Å². The van der Waals surface area contributed by atoms with Crippen LogP contribution in [0.4, 0.5) is 0 Å². The fraction of sp³-hybridized carbons (Fsp3) is 0.0870. The summed E-state index contributed by atoms with van der Waals surface area (Å²) in [5.74, 6) is 0. The summed E-state index contributed by atoms with van der Waals surface area (Å²) in [6.07, 6.45) is 3.42. The van der Waals surface area contributed by atoms with Crippen LogP contribution >= 0.6 is 23.2 Å². The molecule has 158 valence electrons. The van der Waals surface area contributed by atoms with Crippen molar-refractivity contribution in [3.63, 3.8) is 0 Å².